The number of hydrogen-bond donors (Lipinski definition) is 0. The average molecular weight is 243 g/mol. The minimum Gasteiger partial charge on any atom is -0.463 e. The molecule has 16 heavy (non-hydrogen) atoms. The molecule has 0 radical (unpaired) electrons. The molecule has 1 aromatic rings. The molecule has 0 bridgehead atoms. The van der Waals surface area contributed by atoms with E-state index in [2.05, 4.69) is 21.5 Å². The molecule has 88 valence electrons. The summed E-state index contributed by atoms with van der Waals surface area (Å²) < 4.78 is 5.35. The molecule has 0 fully saturated rings. The van der Waals surface area contributed by atoms with E-state index in [0.717, 1.165) is 12.0 Å². The van der Waals surface area contributed by atoms with Gasteiger partial charge in [-0.2, -0.15) is 15.0 Å². The number of halogens is 1. The summed E-state index contributed by atoms with van der Waals surface area (Å²) >= 11 is 5.75. The summed E-state index contributed by atoms with van der Waals surface area (Å²) in [4.78, 5) is 13.7. The highest BCUT2D eigenvalue weighted by atomic mass is 35.5. The van der Waals surface area contributed by atoms with Crippen molar-refractivity contribution in [2.45, 2.75) is 13.3 Å². The van der Waals surface area contributed by atoms with Crippen LogP contribution in [0.2, 0.25) is 5.28 Å². The Morgan fingerprint density at radius 1 is 1.38 bits per heavy atom. The van der Waals surface area contributed by atoms with Gasteiger partial charge in [-0.25, -0.2) is 0 Å². The summed E-state index contributed by atoms with van der Waals surface area (Å²) in [5.74, 6) is 0.477. The zero-order chi connectivity index (χ0) is 12.1. The zero-order valence-electron chi connectivity index (χ0n) is 9.70. The van der Waals surface area contributed by atoms with Gasteiger partial charge in [0.05, 0.1) is 6.61 Å². The van der Waals surface area contributed by atoms with Crippen LogP contribution in [0.3, 0.4) is 0 Å². The summed E-state index contributed by atoms with van der Waals surface area (Å²) in [7, 11) is 3.65. The van der Waals surface area contributed by atoms with E-state index in [1.54, 1.807) is 4.90 Å². The molecule has 0 N–H and O–H groups in total. The van der Waals surface area contributed by atoms with Gasteiger partial charge in [-0.3, -0.25) is 0 Å². The largest absolute Gasteiger partial charge is 0.463 e. The molecule has 5 nitrogen and oxygen atoms in total. The SMILES string of the molecule is C=C(C)CCOc1nc(Cl)nc(N(C)C)n1. The van der Waals surface area contributed by atoms with Crippen LogP contribution in [-0.2, 0) is 0 Å². The molecular weight excluding hydrogens is 228 g/mol. The van der Waals surface area contributed by atoms with E-state index in [1.165, 1.54) is 0 Å². The van der Waals surface area contributed by atoms with Crippen LogP contribution in [0.1, 0.15) is 13.3 Å². The minimum atomic E-state index is 0.129. The molecule has 0 aliphatic heterocycles. The van der Waals surface area contributed by atoms with Crippen LogP contribution in [-0.4, -0.2) is 35.7 Å². The Labute approximate surface area is 100 Å². The monoisotopic (exact) mass is 242 g/mol. The van der Waals surface area contributed by atoms with Gasteiger partial charge >= 0.3 is 6.01 Å². The van der Waals surface area contributed by atoms with Crippen molar-refractivity contribution in [1.29, 1.82) is 0 Å². The van der Waals surface area contributed by atoms with Crippen LogP contribution < -0.4 is 9.64 Å². The van der Waals surface area contributed by atoms with Crippen LogP contribution in [0.5, 0.6) is 6.01 Å². The average Bonchev–Trinajstić information content (AvgIpc) is 2.16. The van der Waals surface area contributed by atoms with E-state index in [1.807, 2.05) is 21.0 Å². The van der Waals surface area contributed by atoms with Crippen molar-refractivity contribution in [2.24, 2.45) is 0 Å². The second-order valence-electron chi connectivity index (χ2n) is 3.64. The summed E-state index contributed by atoms with van der Waals surface area (Å²) in [6, 6.07) is 0.241. The highest BCUT2D eigenvalue weighted by Gasteiger charge is 2.07. The molecule has 1 rings (SSSR count). The fraction of sp³-hybridized carbons (Fsp3) is 0.500. The van der Waals surface area contributed by atoms with Crippen molar-refractivity contribution >= 4 is 17.5 Å². The third-order valence-corrected chi connectivity index (χ3v) is 1.90. The van der Waals surface area contributed by atoms with Gasteiger partial charge in [-0.15, -0.1) is 6.58 Å². The van der Waals surface area contributed by atoms with Crippen LogP contribution >= 0.6 is 11.6 Å². The Hall–Kier alpha value is -1.36. The first-order chi connectivity index (χ1) is 7.49. The minimum absolute atomic E-state index is 0.129. The van der Waals surface area contributed by atoms with Crippen molar-refractivity contribution in [2.75, 3.05) is 25.6 Å². The normalized spacial score (nSPS) is 10.0. The predicted molar refractivity (Wildman–Crippen MR) is 64.1 cm³/mol. The molecule has 0 saturated heterocycles. The molecule has 0 atom stereocenters. The van der Waals surface area contributed by atoms with Crippen molar-refractivity contribution < 1.29 is 4.74 Å². The molecule has 0 aliphatic rings. The Balaban J connectivity index is 2.69. The molecule has 6 heteroatoms. The van der Waals surface area contributed by atoms with Crippen LogP contribution in [0, 0.1) is 0 Å². The Bertz CT molecular complexity index is 381. The lowest BCUT2D eigenvalue weighted by atomic mass is 10.3. The number of rotatable bonds is 5. The first-order valence-electron chi connectivity index (χ1n) is 4.85. The summed E-state index contributed by atoms with van der Waals surface area (Å²) in [5.41, 5.74) is 1.05. The van der Waals surface area contributed by atoms with Crippen molar-refractivity contribution in [3.05, 3.63) is 17.4 Å². The number of hydrogen-bond acceptors (Lipinski definition) is 5. The maximum absolute atomic E-state index is 5.75. The molecule has 1 aromatic heterocycles. The van der Waals surface area contributed by atoms with Crippen LogP contribution in [0.25, 0.3) is 0 Å². The van der Waals surface area contributed by atoms with Crippen LogP contribution in [0.4, 0.5) is 5.95 Å². The molecule has 0 aliphatic carbocycles. The Morgan fingerprint density at radius 3 is 2.62 bits per heavy atom. The molecule has 0 spiro atoms. The molecule has 0 aromatic carbocycles. The lowest BCUT2D eigenvalue weighted by Gasteiger charge is -2.11. The Morgan fingerprint density at radius 2 is 2.06 bits per heavy atom. The van der Waals surface area contributed by atoms with Gasteiger partial charge in [0.1, 0.15) is 0 Å². The van der Waals surface area contributed by atoms with Gasteiger partial charge in [0, 0.05) is 20.5 Å². The quantitative estimate of drug-likeness (QED) is 0.739. The summed E-state index contributed by atoms with van der Waals surface area (Å²) in [6.45, 7) is 6.21. The maximum atomic E-state index is 5.75. The van der Waals surface area contributed by atoms with E-state index < -0.39 is 0 Å². The standard InChI is InChI=1S/C10H15ClN4O/c1-7(2)5-6-16-10-13-8(11)12-9(14-10)15(3)4/h1,5-6H2,2-4H3. The number of ether oxygens (including phenoxy) is 1. The van der Waals surface area contributed by atoms with E-state index in [-0.39, 0.29) is 11.3 Å². The topological polar surface area (TPSA) is 51.1 Å². The molecule has 1 heterocycles. The first kappa shape index (κ1) is 12.7. The van der Waals surface area contributed by atoms with Gasteiger partial charge in [0.2, 0.25) is 11.2 Å². The third-order valence-electron chi connectivity index (χ3n) is 1.74. The van der Waals surface area contributed by atoms with Crippen molar-refractivity contribution in [1.82, 2.24) is 15.0 Å². The van der Waals surface area contributed by atoms with Crippen LogP contribution in [0.15, 0.2) is 12.2 Å². The smallest absolute Gasteiger partial charge is 0.322 e. The second-order valence-corrected chi connectivity index (χ2v) is 3.98. The predicted octanol–water partition coefficient (Wildman–Crippen LogP) is 1.94. The van der Waals surface area contributed by atoms with Gasteiger partial charge in [0.25, 0.3) is 0 Å². The van der Waals surface area contributed by atoms with E-state index in [4.69, 9.17) is 16.3 Å². The fourth-order valence-electron chi connectivity index (χ4n) is 0.903. The van der Waals surface area contributed by atoms with Crippen molar-refractivity contribution in [3.8, 4) is 6.01 Å². The summed E-state index contributed by atoms with van der Waals surface area (Å²) in [6.07, 6.45) is 0.764. The molecular formula is C10H15ClN4O. The molecule has 0 saturated carbocycles. The number of nitrogens with zero attached hydrogens (tertiary/aromatic N) is 4. The highest BCUT2D eigenvalue weighted by Crippen LogP contribution is 2.13. The van der Waals surface area contributed by atoms with Gasteiger partial charge in [0.15, 0.2) is 0 Å². The lowest BCUT2D eigenvalue weighted by molar-refractivity contribution is 0.295. The third kappa shape index (κ3) is 4.02. The lowest BCUT2D eigenvalue weighted by Crippen LogP contribution is -2.14. The Kier molecular flexibility index (Phi) is 4.49. The summed E-state index contributed by atoms with van der Waals surface area (Å²) in [5, 5.41) is 0.129. The molecule has 0 unspecified atom stereocenters. The van der Waals surface area contributed by atoms with Gasteiger partial charge in [-0.05, 0) is 18.5 Å². The maximum Gasteiger partial charge on any atom is 0.322 e. The second kappa shape index (κ2) is 5.65. The van der Waals surface area contributed by atoms with Crippen molar-refractivity contribution in [3.63, 3.8) is 0 Å². The number of aromatic nitrogens is 3. The van der Waals surface area contributed by atoms with Gasteiger partial charge < -0.3 is 9.64 Å². The fourth-order valence-corrected chi connectivity index (χ4v) is 1.05. The first-order valence-corrected chi connectivity index (χ1v) is 5.23. The van der Waals surface area contributed by atoms with E-state index in [9.17, 15) is 0 Å². The zero-order valence-corrected chi connectivity index (χ0v) is 10.5. The number of anilines is 1. The van der Waals surface area contributed by atoms with Gasteiger partial charge in [-0.1, -0.05) is 5.57 Å². The molecule has 0 amide bonds. The van der Waals surface area contributed by atoms with E-state index in [0.29, 0.717) is 12.6 Å². The highest BCUT2D eigenvalue weighted by molar-refractivity contribution is 6.28. The van der Waals surface area contributed by atoms with E-state index >= 15 is 0 Å².